The molecule has 7 nitrogen and oxygen atoms in total. The first-order valence-corrected chi connectivity index (χ1v) is 12.0. The number of Topliss-reactive ketones (excluding diaryl/α,β-unsaturated/α-hetero) is 1. The van der Waals surface area contributed by atoms with Crippen LogP contribution in [0.3, 0.4) is 0 Å². The maximum atomic E-state index is 13.3. The van der Waals surface area contributed by atoms with Crippen LogP contribution in [0.4, 0.5) is 0 Å². The van der Waals surface area contributed by atoms with E-state index in [1.54, 1.807) is 62.4 Å². The van der Waals surface area contributed by atoms with Crippen molar-refractivity contribution in [1.82, 2.24) is 10.9 Å². The topological polar surface area (TPSA) is 102 Å². The molecule has 1 heterocycles. The van der Waals surface area contributed by atoms with Crippen LogP contribution in [0.15, 0.2) is 57.5 Å². The highest BCUT2D eigenvalue weighted by atomic mass is 79.9. The van der Waals surface area contributed by atoms with Gasteiger partial charge in [0, 0.05) is 31.9 Å². The number of cyclic esters (lactones) is 1. The van der Waals surface area contributed by atoms with Crippen molar-refractivity contribution in [2.45, 2.75) is 32.8 Å². The maximum Gasteiger partial charge on any atom is 0.319 e. The predicted molar refractivity (Wildman–Crippen MR) is 129 cm³/mol. The van der Waals surface area contributed by atoms with E-state index in [9.17, 15) is 19.2 Å². The number of hydrogen-bond acceptors (Lipinski definition) is 5. The van der Waals surface area contributed by atoms with Gasteiger partial charge in [0.25, 0.3) is 11.8 Å². The minimum atomic E-state index is -1.24. The second kappa shape index (κ2) is 10.2. The van der Waals surface area contributed by atoms with Crippen LogP contribution in [-0.4, -0.2) is 29.2 Å². The molecule has 3 atom stereocenters. The molecule has 9 heteroatoms. The van der Waals surface area contributed by atoms with Gasteiger partial charge in [-0.15, -0.1) is 0 Å². The molecule has 3 rings (SSSR count). The van der Waals surface area contributed by atoms with Gasteiger partial charge in [0.05, 0.1) is 0 Å². The Bertz CT molecular complexity index is 1070. The van der Waals surface area contributed by atoms with Crippen molar-refractivity contribution in [3.63, 3.8) is 0 Å². The third-order valence-corrected chi connectivity index (χ3v) is 6.86. The highest BCUT2D eigenvalue weighted by Crippen LogP contribution is 2.44. The van der Waals surface area contributed by atoms with Gasteiger partial charge < -0.3 is 4.74 Å². The number of carbonyl (C=O) groups is 4. The fourth-order valence-electron chi connectivity index (χ4n) is 4.23. The number of amides is 2. The van der Waals surface area contributed by atoms with Crippen molar-refractivity contribution in [2.24, 2.45) is 17.8 Å². The largest absolute Gasteiger partial charge is 0.459 e. The molecule has 2 aromatic rings. The Morgan fingerprint density at radius 2 is 1.45 bits per heavy atom. The quantitative estimate of drug-likeness (QED) is 0.228. The molecule has 0 radical (unpaired) electrons. The summed E-state index contributed by atoms with van der Waals surface area (Å²) in [4.78, 5) is 51.4. The Morgan fingerprint density at radius 3 is 1.97 bits per heavy atom. The number of ketones is 1. The molecule has 2 amide bonds. The number of rotatable bonds is 6. The van der Waals surface area contributed by atoms with E-state index >= 15 is 0 Å². The number of benzene rings is 2. The van der Waals surface area contributed by atoms with Crippen LogP contribution in [-0.2, 0) is 14.3 Å². The number of hydrazine groups is 1. The molecule has 3 unspecified atom stereocenters. The predicted octanol–water partition coefficient (Wildman–Crippen LogP) is 4.45. The Balaban J connectivity index is 1.81. The van der Waals surface area contributed by atoms with Crippen molar-refractivity contribution in [1.29, 1.82) is 0 Å². The van der Waals surface area contributed by atoms with Gasteiger partial charge in [-0.1, -0.05) is 50.9 Å². The summed E-state index contributed by atoms with van der Waals surface area (Å²) in [5.41, 5.74) is 4.45. The average molecular weight is 580 g/mol. The first-order chi connectivity index (χ1) is 15.5. The fourth-order valence-corrected chi connectivity index (χ4v) is 4.75. The van der Waals surface area contributed by atoms with Crippen molar-refractivity contribution in [3.05, 3.63) is 68.6 Å². The molecular weight excluding hydrogens is 556 g/mol. The average Bonchev–Trinajstić information content (AvgIpc) is 3.01. The number of hydrogen-bond donors (Lipinski definition) is 2. The van der Waals surface area contributed by atoms with Crippen LogP contribution in [0.5, 0.6) is 0 Å². The first kappa shape index (κ1) is 25.1. The zero-order valence-corrected chi connectivity index (χ0v) is 21.5. The van der Waals surface area contributed by atoms with Gasteiger partial charge >= 0.3 is 5.97 Å². The summed E-state index contributed by atoms with van der Waals surface area (Å²) in [6.07, 6.45) is 0.411. The van der Waals surface area contributed by atoms with Crippen molar-refractivity contribution in [2.75, 3.05) is 0 Å². The molecule has 1 aliphatic rings. The van der Waals surface area contributed by atoms with Gasteiger partial charge in [-0.2, -0.15) is 0 Å². The molecule has 174 valence electrons. The van der Waals surface area contributed by atoms with Crippen LogP contribution in [0, 0.1) is 17.8 Å². The van der Waals surface area contributed by atoms with Crippen molar-refractivity contribution < 1.29 is 23.9 Å². The molecule has 0 bridgehead atoms. The lowest BCUT2D eigenvalue weighted by molar-refractivity contribution is -0.150. The van der Waals surface area contributed by atoms with E-state index in [4.69, 9.17) is 4.74 Å². The molecule has 1 fully saturated rings. The standard InChI is InChI=1S/C24H24Br2N2O5/c1-4-17(20(29)13-5-9-15(25)10-6-13)19-18(23(32)33-24(19,2)3)22(31)28-27-21(30)14-7-11-16(26)12-8-14/h5-12,17-19H,4H2,1-3H3,(H,27,30)(H,28,31). The SMILES string of the molecule is CCC(C(=O)c1ccc(Br)cc1)C1C(C(=O)NNC(=O)c2ccc(Br)cc2)C(=O)OC1(C)C. The smallest absolute Gasteiger partial charge is 0.319 e. The molecule has 33 heavy (non-hydrogen) atoms. The van der Waals surface area contributed by atoms with E-state index in [0.717, 1.165) is 8.95 Å². The molecule has 0 aromatic heterocycles. The van der Waals surface area contributed by atoms with Crippen LogP contribution in [0.1, 0.15) is 47.9 Å². The van der Waals surface area contributed by atoms with Gasteiger partial charge in [-0.25, -0.2) is 0 Å². The molecule has 1 saturated heterocycles. The minimum absolute atomic E-state index is 0.168. The summed E-state index contributed by atoms with van der Waals surface area (Å²) in [5.74, 6) is -4.73. The Hall–Kier alpha value is -2.52. The molecule has 0 aliphatic carbocycles. The van der Waals surface area contributed by atoms with Gasteiger partial charge in [0.1, 0.15) is 11.5 Å². The molecule has 0 saturated carbocycles. The third kappa shape index (κ3) is 5.52. The molecule has 2 aromatic carbocycles. The minimum Gasteiger partial charge on any atom is -0.459 e. The van der Waals surface area contributed by atoms with E-state index in [1.807, 2.05) is 6.92 Å². The van der Waals surface area contributed by atoms with Gasteiger partial charge in [-0.05, 0) is 56.7 Å². The molecular formula is C24H24Br2N2O5. The number of carbonyl (C=O) groups excluding carboxylic acids is 4. The summed E-state index contributed by atoms with van der Waals surface area (Å²) in [6.45, 7) is 5.23. The molecule has 1 aliphatic heterocycles. The van der Waals surface area contributed by atoms with E-state index in [-0.39, 0.29) is 5.78 Å². The lowest BCUT2D eigenvalue weighted by Crippen LogP contribution is -2.49. The monoisotopic (exact) mass is 578 g/mol. The van der Waals surface area contributed by atoms with E-state index in [0.29, 0.717) is 17.5 Å². The third-order valence-electron chi connectivity index (χ3n) is 5.81. The highest BCUT2D eigenvalue weighted by Gasteiger charge is 2.57. The van der Waals surface area contributed by atoms with Crippen LogP contribution in [0.2, 0.25) is 0 Å². The highest BCUT2D eigenvalue weighted by molar-refractivity contribution is 9.10. The maximum absolute atomic E-state index is 13.3. The van der Waals surface area contributed by atoms with Crippen LogP contribution < -0.4 is 10.9 Å². The zero-order valence-electron chi connectivity index (χ0n) is 18.4. The van der Waals surface area contributed by atoms with E-state index in [2.05, 4.69) is 42.7 Å². The first-order valence-electron chi connectivity index (χ1n) is 10.4. The van der Waals surface area contributed by atoms with Crippen molar-refractivity contribution in [3.8, 4) is 0 Å². The Kier molecular flexibility index (Phi) is 7.74. The Morgan fingerprint density at radius 1 is 0.939 bits per heavy atom. The summed E-state index contributed by atoms with van der Waals surface area (Å²) in [5, 5.41) is 0. The van der Waals surface area contributed by atoms with Gasteiger partial charge in [0.15, 0.2) is 5.78 Å². The molecule has 0 spiro atoms. The van der Waals surface area contributed by atoms with Crippen LogP contribution >= 0.6 is 31.9 Å². The lowest BCUT2D eigenvalue weighted by atomic mass is 9.70. The van der Waals surface area contributed by atoms with E-state index in [1.165, 1.54) is 0 Å². The molecule has 2 N–H and O–H groups in total. The lowest BCUT2D eigenvalue weighted by Gasteiger charge is -2.32. The number of nitrogens with one attached hydrogen (secondary N) is 2. The number of ether oxygens (including phenoxy) is 1. The second-order valence-electron chi connectivity index (χ2n) is 8.36. The van der Waals surface area contributed by atoms with E-state index < -0.39 is 41.1 Å². The Labute approximate surface area is 208 Å². The number of esters is 1. The fraction of sp³-hybridized carbons (Fsp3) is 0.333. The summed E-state index contributed by atoms with van der Waals surface area (Å²) in [6, 6.07) is 13.5. The zero-order chi connectivity index (χ0) is 24.3. The van der Waals surface area contributed by atoms with Crippen molar-refractivity contribution >= 4 is 55.4 Å². The normalized spacial score (nSPS) is 20.0. The summed E-state index contributed by atoms with van der Waals surface area (Å²) >= 11 is 6.65. The van der Waals surface area contributed by atoms with Gasteiger partial charge in [-0.3, -0.25) is 30.0 Å². The van der Waals surface area contributed by atoms with Crippen LogP contribution in [0.25, 0.3) is 0 Å². The van der Waals surface area contributed by atoms with Gasteiger partial charge in [0.2, 0.25) is 0 Å². The number of halogens is 2. The second-order valence-corrected chi connectivity index (χ2v) is 10.2. The summed E-state index contributed by atoms with van der Waals surface area (Å²) in [7, 11) is 0. The summed E-state index contributed by atoms with van der Waals surface area (Å²) < 4.78 is 7.16.